The second-order valence-electron chi connectivity index (χ2n) is 4.29. The smallest absolute Gasteiger partial charge is 0.166 e. The minimum absolute atomic E-state index is 0.318. The summed E-state index contributed by atoms with van der Waals surface area (Å²) in [6.45, 7) is 0. The van der Waals surface area contributed by atoms with Gasteiger partial charge in [0.25, 0.3) is 0 Å². The van der Waals surface area contributed by atoms with E-state index in [9.17, 15) is 4.79 Å². The third-order valence-electron chi connectivity index (χ3n) is 3.33. The lowest BCUT2D eigenvalue weighted by atomic mass is 9.88. The summed E-state index contributed by atoms with van der Waals surface area (Å²) >= 11 is 0. The molecule has 0 saturated carbocycles. The summed E-state index contributed by atoms with van der Waals surface area (Å²) in [5.74, 6) is 2.41. The molecule has 0 spiro atoms. The predicted octanol–water partition coefficient (Wildman–Crippen LogP) is 2.68. The van der Waals surface area contributed by atoms with Crippen LogP contribution in [0.1, 0.15) is 53.1 Å². The van der Waals surface area contributed by atoms with Gasteiger partial charge < -0.3 is 4.42 Å². The predicted molar refractivity (Wildman–Crippen MR) is 52.6 cm³/mol. The first-order chi connectivity index (χ1) is 6.86. The zero-order chi connectivity index (χ0) is 9.54. The van der Waals surface area contributed by atoms with E-state index in [2.05, 4.69) is 0 Å². The largest absolute Gasteiger partial charge is 0.465 e. The van der Waals surface area contributed by atoms with Gasteiger partial charge in [0.15, 0.2) is 5.78 Å². The number of carbonyl (C=O) groups excluding carboxylic acids is 1. The van der Waals surface area contributed by atoms with Gasteiger partial charge in [-0.3, -0.25) is 4.79 Å². The molecule has 0 fully saturated rings. The Kier molecular flexibility index (Phi) is 1.76. The fourth-order valence-corrected chi connectivity index (χ4v) is 2.66. The van der Waals surface area contributed by atoms with Crippen LogP contribution in [0.15, 0.2) is 4.42 Å². The minimum atomic E-state index is 0.318. The number of ketones is 1. The number of fused-ring (bicyclic) bond motifs is 3. The van der Waals surface area contributed by atoms with Crippen molar-refractivity contribution in [3.05, 3.63) is 22.6 Å². The molecule has 14 heavy (non-hydrogen) atoms. The van der Waals surface area contributed by atoms with Crippen molar-refractivity contribution in [1.82, 2.24) is 0 Å². The molecule has 1 aromatic rings. The third-order valence-corrected chi connectivity index (χ3v) is 3.33. The van der Waals surface area contributed by atoms with Gasteiger partial charge in [0.05, 0.1) is 5.56 Å². The van der Waals surface area contributed by atoms with Gasteiger partial charge in [-0.25, -0.2) is 0 Å². The molecule has 74 valence electrons. The molecule has 2 aliphatic carbocycles. The molecule has 1 aromatic heterocycles. The molecule has 0 aromatic carbocycles. The van der Waals surface area contributed by atoms with E-state index in [4.69, 9.17) is 4.42 Å². The van der Waals surface area contributed by atoms with Crippen LogP contribution in [-0.2, 0) is 19.3 Å². The zero-order valence-electron chi connectivity index (χ0n) is 8.27. The van der Waals surface area contributed by atoms with Gasteiger partial charge >= 0.3 is 0 Å². The van der Waals surface area contributed by atoms with Crippen molar-refractivity contribution in [1.29, 1.82) is 0 Å². The van der Waals surface area contributed by atoms with Crippen LogP contribution in [-0.4, -0.2) is 5.78 Å². The molecule has 0 aliphatic heterocycles. The topological polar surface area (TPSA) is 30.2 Å². The van der Waals surface area contributed by atoms with Crippen LogP contribution in [0.25, 0.3) is 0 Å². The van der Waals surface area contributed by atoms with Crippen LogP contribution in [0.4, 0.5) is 0 Å². The van der Waals surface area contributed by atoms with Gasteiger partial charge in [-0.1, -0.05) is 0 Å². The Morgan fingerprint density at radius 2 is 1.64 bits per heavy atom. The number of Topliss-reactive ketones (excluding diaryl/α,β-unsaturated/α-hetero) is 1. The van der Waals surface area contributed by atoms with Crippen molar-refractivity contribution in [2.24, 2.45) is 0 Å². The summed E-state index contributed by atoms with van der Waals surface area (Å²) in [4.78, 5) is 11.8. The van der Waals surface area contributed by atoms with Crippen LogP contribution in [0.3, 0.4) is 0 Å². The van der Waals surface area contributed by atoms with Crippen LogP contribution in [0.2, 0.25) is 0 Å². The van der Waals surface area contributed by atoms with E-state index in [0.29, 0.717) is 5.78 Å². The van der Waals surface area contributed by atoms with Crippen molar-refractivity contribution in [3.63, 3.8) is 0 Å². The highest BCUT2D eigenvalue weighted by atomic mass is 16.3. The summed E-state index contributed by atoms with van der Waals surface area (Å²) in [5.41, 5.74) is 2.21. The van der Waals surface area contributed by atoms with Crippen LogP contribution in [0.5, 0.6) is 0 Å². The SMILES string of the molecule is O=C1CCCc2oc3c(c21)CCCC3. The van der Waals surface area contributed by atoms with E-state index in [-0.39, 0.29) is 0 Å². The van der Waals surface area contributed by atoms with E-state index in [1.165, 1.54) is 18.4 Å². The van der Waals surface area contributed by atoms with E-state index < -0.39 is 0 Å². The molecule has 2 heteroatoms. The second kappa shape index (κ2) is 2.97. The molecule has 1 heterocycles. The number of carbonyl (C=O) groups is 1. The summed E-state index contributed by atoms with van der Waals surface area (Å²) in [6.07, 6.45) is 7.18. The maximum absolute atomic E-state index is 11.8. The second-order valence-corrected chi connectivity index (χ2v) is 4.29. The van der Waals surface area contributed by atoms with Gasteiger partial charge in [-0.2, -0.15) is 0 Å². The lowest BCUT2D eigenvalue weighted by Gasteiger charge is -2.12. The Morgan fingerprint density at radius 3 is 2.57 bits per heavy atom. The Bertz CT molecular complexity index is 387. The Labute approximate surface area is 83.3 Å². The van der Waals surface area contributed by atoms with Gasteiger partial charge in [0.1, 0.15) is 11.5 Å². The summed E-state index contributed by atoms with van der Waals surface area (Å²) in [6, 6.07) is 0. The molecule has 0 atom stereocenters. The highest BCUT2D eigenvalue weighted by Gasteiger charge is 2.28. The van der Waals surface area contributed by atoms with E-state index in [1.807, 2.05) is 0 Å². The van der Waals surface area contributed by atoms with Crippen molar-refractivity contribution >= 4 is 5.78 Å². The summed E-state index contributed by atoms with van der Waals surface area (Å²) < 4.78 is 5.78. The van der Waals surface area contributed by atoms with Crippen molar-refractivity contribution in [2.75, 3.05) is 0 Å². The first-order valence-electron chi connectivity index (χ1n) is 5.53. The average molecular weight is 190 g/mol. The van der Waals surface area contributed by atoms with Crippen molar-refractivity contribution < 1.29 is 9.21 Å². The monoisotopic (exact) mass is 190 g/mol. The molecule has 0 radical (unpaired) electrons. The number of hydrogen-bond acceptors (Lipinski definition) is 2. The fraction of sp³-hybridized carbons (Fsp3) is 0.583. The molecule has 2 nitrogen and oxygen atoms in total. The number of rotatable bonds is 0. The molecule has 0 amide bonds. The van der Waals surface area contributed by atoms with Gasteiger partial charge in [-0.05, 0) is 25.7 Å². The molecule has 0 saturated heterocycles. The first-order valence-corrected chi connectivity index (χ1v) is 5.53. The molecule has 2 aliphatic rings. The number of furan rings is 1. The van der Waals surface area contributed by atoms with Gasteiger partial charge in [-0.15, -0.1) is 0 Å². The number of aryl methyl sites for hydroxylation is 2. The van der Waals surface area contributed by atoms with Gasteiger partial charge in [0, 0.05) is 24.8 Å². The summed E-state index contributed by atoms with van der Waals surface area (Å²) in [5, 5.41) is 0. The molecule has 0 bridgehead atoms. The highest BCUT2D eigenvalue weighted by Crippen LogP contribution is 2.34. The Hall–Kier alpha value is -1.05. The average Bonchev–Trinajstić information content (AvgIpc) is 2.57. The third kappa shape index (κ3) is 1.06. The van der Waals surface area contributed by atoms with E-state index in [1.54, 1.807) is 0 Å². The summed E-state index contributed by atoms with van der Waals surface area (Å²) in [7, 11) is 0. The fourth-order valence-electron chi connectivity index (χ4n) is 2.66. The first kappa shape index (κ1) is 8.27. The van der Waals surface area contributed by atoms with Crippen molar-refractivity contribution in [3.8, 4) is 0 Å². The maximum Gasteiger partial charge on any atom is 0.166 e. The maximum atomic E-state index is 11.8. The van der Waals surface area contributed by atoms with Crippen LogP contribution in [0, 0.1) is 0 Å². The minimum Gasteiger partial charge on any atom is -0.465 e. The molecule has 0 N–H and O–H groups in total. The van der Waals surface area contributed by atoms with Gasteiger partial charge in [0.2, 0.25) is 0 Å². The molecule has 3 rings (SSSR count). The van der Waals surface area contributed by atoms with Crippen LogP contribution >= 0.6 is 0 Å². The van der Waals surface area contributed by atoms with E-state index in [0.717, 1.165) is 49.2 Å². The number of hydrogen-bond donors (Lipinski definition) is 0. The van der Waals surface area contributed by atoms with Crippen LogP contribution < -0.4 is 0 Å². The Morgan fingerprint density at radius 1 is 0.857 bits per heavy atom. The zero-order valence-corrected chi connectivity index (χ0v) is 8.27. The molecule has 0 unspecified atom stereocenters. The lowest BCUT2D eigenvalue weighted by molar-refractivity contribution is 0.0968. The molecular formula is C12H14O2. The normalized spacial score (nSPS) is 20.4. The van der Waals surface area contributed by atoms with Crippen molar-refractivity contribution in [2.45, 2.75) is 44.9 Å². The Balaban J connectivity index is 2.16. The van der Waals surface area contributed by atoms with E-state index >= 15 is 0 Å². The quantitative estimate of drug-likeness (QED) is 0.629. The highest BCUT2D eigenvalue weighted by molar-refractivity contribution is 5.99. The standard InChI is InChI=1S/C12H14O2/c13-9-5-3-7-11-12(9)8-4-1-2-6-10(8)14-11/h1-7H2. The lowest BCUT2D eigenvalue weighted by Crippen LogP contribution is -2.11. The molecular weight excluding hydrogens is 176 g/mol.